The molecule has 3 aromatic rings. The molecule has 0 aliphatic rings. The molecule has 148 valence electrons. The highest BCUT2D eigenvalue weighted by Crippen LogP contribution is 2.19. The summed E-state index contributed by atoms with van der Waals surface area (Å²) in [5.41, 5.74) is 3.08. The van der Waals surface area contributed by atoms with Crippen LogP contribution in [0.15, 0.2) is 66.9 Å². The van der Waals surface area contributed by atoms with Gasteiger partial charge in [-0.3, -0.25) is 14.6 Å². The van der Waals surface area contributed by atoms with Crippen LogP contribution in [0.5, 0.6) is 5.75 Å². The zero-order valence-electron chi connectivity index (χ0n) is 16.7. The number of nitrogens with one attached hydrogen (secondary N) is 1. The Balaban J connectivity index is 1.80. The van der Waals surface area contributed by atoms with E-state index in [1.165, 1.54) is 12.3 Å². The fraction of sp³-hybridized carbons (Fsp3) is 0.174. The van der Waals surface area contributed by atoms with Crippen molar-refractivity contribution in [3.8, 4) is 5.75 Å². The Kier molecular flexibility index (Phi) is 6.24. The van der Waals surface area contributed by atoms with Crippen LogP contribution in [0.4, 0.5) is 11.4 Å². The van der Waals surface area contributed by atoms with Gasteiger partial charge >= 0.3 is 0 Å². The fourth-order valence-corrected chi connectivity index (χ4v) is 2.95. The standard InChI is InChI=1S/C23H23N3O3/c1-4-26(19-7-5-6-16(2)14-19)23(28)17-12-13-24-21(15-17)22(27)25-18-8-10-20(29-3)11-9-18/h5-15H,4H2,1-3H3,(H,25,27). The number of nitrogens with zero attached hydrogens (tertiary/aromatic N) is 2. The molecule has 0 fully saturated rings. The van der Waals surface area contributed by atoms with Crippen molar-refractivity contribution in [3.63, 3.8) is 0 Å². The molecule has 0 atom stereocenters. The minimum absolute atomic E-state index is 0.173. The SMILES string of the molecule is CCN(C(=O)c1ccnc(C(=O)Nc2ccc(OC)cc2)c1)c1cccc(C)c1. The number of carbonyl (C=O) groups excluding carboxylic acids is 2. The minimum Gasteiger partial charge on any atom is -0.497 e. The maximum absolute atomic E-state index is 13.0. The second-order valence-electron chi connectivity index (χ2n) is 6.50. The van der Waals surface area contributed by atoms with Crippen molar-refractivity contribution in [3.05, 3.63) is 83.7 Å². The van der Waals surface area contributed by atoms with Crippen LogP contribution in [0.25, 0.3) is 0 Å². The van der Waals surface area contributed by atoms with E-state index in [1.807, 2.05) is 38.1 Å². The van der Waals surface area contributed by atoms with E-state index in [2.05, 4.69) is 10.3 Å². The molecule has 3 rings (SSSR count). The molecule has 0 unspecified atom stereocenters. The molecule has 2 aromatic carbocycles. The zero-order chi connectivity index (χ0) is 20.8. The molecule has 1 heterocycles. The van der Waals surface area contributed by atoms with Gasteiger partial charge in [0, 0.05) is 29.7 Å². The van der Waals surface area contributed by atoms with Crippen molar-refractivity contribution in [1.29, 1.82) is 0 Å². The lowest BCUT2D eigenvalue weighted by Gasteiger charge is -2.21. The molecule has 0 saturated carbocycles. The summed E-state index contributed by atoms with van der Waals surface area (Å²) < 4.78 is 5.11. The van der Waals surface area contributed by atoms with Crippen molar-refractivity contribution in [1.82, 2.24) is 4.98 Å². The smallest absolute Gasteiger partial charge is 0.274 e. The highest BCUT2D eigenvalue weighted by atomic mass is 16.5. The average Bonchev–Trinajstić information content (AvgIpc) is 2.75. The normalized spacial score (nSPS) is 10.3. The second kappa shape index (κ2) is 9.01. The molecule has 6 heteroatoms. The maximum Gasteiger partial charge on any atom is 0.274 e. The van der Waals surface area contributed by atoms with E-state index in [1.54, 1.807) is 42.3 Å². The summed E-state index contributed by atoms with van der Waals surface area (Å²) >= 11 is 0. The molecule has 0 saturated heterocycles. The van der Waals surface area contributed by atoms with Crippen LogP contribution < -0.4 is 15.0 Å². The largest absolute Gasteiger partial charge is 0.497 e. The van der Waals surface area contributed by atoms with E-state index in [-0.39, 0.29) is 17.5 Å². The van der Waals surface area contributed by atoms with Gasteiger partial charge in [0.25, 0.3) is 11.8 Å². The number of aromatic nitrogens is 1. The summed E-state index contributed by atoms with van der Waals surface area (Å²) in [7, 11) is 1.58. The van der Waals surface area contributed by atoms with Crippen molar-refractivity contribution in [2.45, 2.75) is 13.8 Å². The number of hydrogen-bond acceptors (Lipinski definition) is 4. The van der Waals surface area contributed by atoms with Gasteiger partial charge in [-0.15, -0.1) is 0 Å². The van der Waals surface area contributed by atoms with Gasteiger partial charge < -0.3 is 15.0 Å². The van der Waals surface area contributed by atoms with E-state index < -0.39 is 0 Å². The summed E-state index contributed by atoms with van der Waals surface area (Å²) in [6.45, 7) is 4.41. The lowest BCUT2D eigenvalue weighted by Crippen LogP contribution is -2.31. The van der Waals surface area contributed by atoms with Crippen molar-refractivity contribution < 1.29 is 14.3 Å². The lowest BCUT2D eigenvalue weighted by molar-refractivity contribution is 0.0988. The molecule has 2 amide bonds. The van der Waals surface area contributed by atoms with E-state index >= 15 is 0 Å². The topological polar surface area (TPSA) is 71.5 Å². The third kappa shape index (κ3) is 4.79. The first kappa shape index (κ1) is 20.1. The van der Waals surface area contributed by atoms with Crippen molar-refractivity contribution >= 4 is 23.2 Å². The molecular weight excluding hydrogens is 366 g/mol. The summed E-state index contributed by atoms with van der Waals surface area (Å²) in [4.78, 5) is 31.4. The summed E-state index contributed by atoms with van der Waals surface area (Å²) in [5, 5.41) is 2.78. The second-order valence-corrected chi connectivity index (χ2v) is 6.50. The first-order valence-corrected chi connectivity index (χ1v) is 9.32. The molecule has 0 aliphatic carbocycles. The monoisotopic (exact) mass is 389 g/mol. The fourth-order valence-electron chi connectivity index (χ4n) is 2.95. The van der Waals surface area contributed by atoms with Crippen LogP contribution in [0, 0.1) is 6.92 Å². The zero-order valence-corrected chi connectivity index (χ0v) is 16.7. The Morgan fingerprint density at radius 3 is 2.48 bits per heavy atom. The van der Waals surface area contributed by atoms with Gasteiger partial charge in [0.2, 0.25) is 0 Å². The van der Waals surface area contributed by atoms with Crippen molar-refractivity contribution in [2.75, 3.05) is 23.9 Å². The van der Waals surface area contributed by atoms with E-state index in [0.29, 0.717) is 23.5 Å². The Bertz CT molecular complexity index is 1020. The van der Waals surface area contributed by atoms with Gasteiger partial charge in [-0.05, 0) is 67.9 Å². The van der Waals surface area contributed by atoms with Crippen LogP contribution in [0.1, 0.15) is 33.3 Å². The molecule has 29 heavy (non-hydrogen) atoms. The van der Waals surface area contributed by atoms with Gasteiger partial charge in [0.15, 0.2) is 0 Å². The van der Waals surface area contributed by atoms with E-state index in [0.717, 1.165) is 11.3 Å². The lowest BCUT2D eigenvalue weighted by atomic mass is 10.1. The summed E-state index contributed by atoms with van der Waals surface area (Å²) in [5.74, 6) is 0.131. The predicted octanol–water partition coefficient (Wildman–Crippen LogP) is 4.32. The summed E-state index contributed by atoms with van der Waals surface area (Å²) in [6, 6.07) is 17.9. The van der Waals surface area contributed by atoms with Gasteiger partial charge in [-0.25, -0.2) is 0 Å². The van der Waals surface area contributed by atoms with Gasteiger partial charge in [0.1, 0.15) is 11.4 Å². The highest BCUT2D eigenvalue weighted by Gasteiger charge is 2.18. The molecule has 0 bridgehead atoms. The number of methoxy groups -OCH3 is 1. The molecule has 0 spiro atoms. The number of rotatable bonds is 6. The van der Waals surface area contributed by atoms with Crippen molar-refractivity contribution in [2.24, 2.45) is 0 Å². The number of aryl methyl sites for hydroxylation is 1. The van der Waals surface area contributed by atoms with Gasteiger partial charge in [-0.2, -0.15) is 0 Å². The van der Waals surface area contributed by atoms with E-state index in [4.69, 9.17) is 4.74 Å². The number of amides is 2. The third-order valence-electron chi connectivity index (χ3n) is 4.46. The first-order chi connectivity index (χ1) is 14.0. The first-order valence-electron chi connectivity index (χ1n) is 9.32. The Labute approximate surface area is 170 Å². The van der Waals surface area contributed by atoms with E-state index in [9.17, 15) is 9.59 Å². The predicted molar refractivity (Wildman–Crippen MR) is 114 cm³/mol. The number of hydrogen-bond donors (Lipinski definition) is 1. The molecule has 1 N–H and O–H groups in total. The number of ether oxygens (including phenoxy) is 1. The Morgan fingerprint density at radius 2 is 1.83 bits per heavy atom. The third-order valence-corrected chi connectivity index (χ3v) is 4.46. The molecule has 0 radical (unpaired) electrons. The highest BCUT2D eigenvalue weighted by molar-refractivity contribution is 6.08. The molecule has 0 aliphatic heterocycles. The van der Waals surface area contributed by atoms with Crippen LogP contribution in [-0.4, -0.2) is 30.5 Å². The average molecular weight is 389 g/mol. The quantitative estimate of drug-likeness (QED) is 0.682. The van der Waals surface area contributed by atoms with Crippen LogP contribution in [0.3, 0.4) is 0 Å². The van der Waals surface area contributed by atoms with Gasteiger partial charge in [0.05, 0.1) is 7.11 Å². The number of benzene rings is 2. The Hall–Kier alpha value is -3.67. The molecular formula is C23H23N3O3. The Morgan fingerprint density at radius 1 is 1.07 bits per heavy atom. The number of carbonyl (C=O) groups is 2. The minimum atomic E-state index is -0.386. The maximum atomic E-state index is 13.0. The molecule has 1 aromatic heterocycles. The number of anilines is 2. The molecule has 6 nitrogen and oxygen atoms in total. The van der Waals surface area contributed by atoms with Crippen LogP contribution >= 0.6 is 0 Å². The van der Waals surface area contributed by atoms with Crippen LogP contribution in [-0.2, 0) is 0 Å². The number of pyridine rings is 1. The van der Waals surface area contributed by atoms with Gasteiger partial charge in [-0.1, -0.05) is 12.1 Å². The van der Waals surface area contributed by atoms with Crippen LogP contribution in [0.2, 0.25) is 0 Å². The summed E-state index contributed by atoms with van der Waals surface area (Å²) in [6.07, 6.45) is 1.47.